The van der Waals surface area contributed by atoms with Crippen LogP contribution in [0.1, 0.15) is 24.8 Å². The van der Waals surface area contributed by atoms with E-state index in [0.717, 1.165) is 63.0 Å². The third-order valence-electron chi connectivity index (χ3n) is 6.74. The molecular weight excluding hydrogens is 440 g/mol. The summed E-state index contributed by atoms with van der Waals surface area (Å²) in [6.45, 7) is 4.85. The van der Waals surface area contributed by atoms with Crippen molar-refractivity contribution in [3.8, 4) is 0 Å². The molecule has 2 aliphatic heterocycles. The molecule has 1 fully saturated rings. The zero-order valence-corrected chi connectivity index (χ0v) is 20.5. The molecule has 1 saturated heterocycles. The van der Waals surface area contributed by atoms with Gasteiger partial charge < -0.3 is 14.5 Å². The van der Waals surface area contributed by atoms with Crippen molar-refractivity contribution in [2.75, 3.05) is 57.9 Å². The highest BCUT2D eigenvalue weighted by molar-refractivity contribution is 7.92. The Balaban J connectivity index is 1.50. The highest BCUT2D eigenvalue weighted by atomic mass is 32.2. The first kappa shape index (κ1) is 23.8. The fraction of sp³-hybridized carbons (Fsp3) is 0.542. The zero-order chi connectivity index (χ0) is 23.6. The molecule has 4 rings (SSSR count). The summed E-state index contributed by atoms with van der Waals surface area (Å²) in [5.41, 5.74) is 3.85. The van der Waals surface area contributed by atoms with Gasteiger partial charge >= 0.3 is 0 Å². The van der Waals surface area contributed by atoms with Gasteiger partial charge in [-0.25, -0.2) is 8.42 Å². The van der Waals surface area contributed by atoms with Crippen LogP contribution < -0.4 is 4.72 Å². The van der Waals surface area contributed by atoms with Crippen molar-refractivity contribution in [3.05, 3.63) is 52.9 Å². The number of amides is 1. The number of piperazine rings is 1. The first-order valence-corrected chi connectivity index (χ1v) is 13.4. The molecule has 180 valence electrons. The zero-order valence-electron chi connectivity index (χ0n) is 19.7. The quantitative estimate of drug-likeness (QED) is 0.680. The van der Waals surface area contributed by atoms with E-state index in [4.69, 9.17) is 4.74 Å². The number of carbonyl (C=O) groups excluding carboxylic acids is 1. The normalized spacial score (nSPS) is 22.6. The van der Waals surface area contributed by atoms with Crippen LogP contribution in [0.25, 0.3) is 0 Å². The van der Waals surface area contributed by atoms with E-state index in [1.807, 2.05) is 4.90 Å². The van der Waals surface area contributed by atoms with Crippen molar-refractivity contribution in [1.29, 1.82) is 0 Å². The van der Waals surface area contributed by atoms with Crippen LogP contribution in [0.4, 0.5) is 5.69 Å². The van der Waals surface area contributed by atoms with Gasteiger partial charge in [-0.05, 0) is 48.7 Å². The summed E-state index contributed by atoms with van der Waals surface area (Å²) in [5.74, 6) is 1.11. The summed E-state index contributed by atoms with van der Waals surface area (Å²) >= 11 is 0. The molecule has 1 unspecified atom stereocenters. The molecule has 9 heteroatoms. The molecule has 0 aromatic heterocycles. The number of nitrogens with one attached hydrogen (secondary N) is 1. The van der Waals surface area contributed by atoms with Gasteiger partial charge in [0.25, 0.3) is 0 Å². The first-order valence-electron chi connectivity index (χ1n) is 11.5. The average Bonchev–Trinajstić information content (AvgIpc) is 2.79. The summed E-state index contributed by atoms with van der Waals surface area (Å²) in [6.07, 6.45) is 6.22. The van der Waals surface area contributed by atoms with E-state index >= 15 is 0 Å². The minimum absolute atomic E-state index is 0.0482. The molecule has 1 N–H and O–H groups in total. The number of ether oxygens (including phenoxy) is 1. The van der Waals surface area contributed by atoms with E-state index in [0.29, 0.717) is 18.3 Å². The number of carbonyl (C=O) groups is 1. The van der Waals surface area contributed by atoms with Crippen LogP contribution >= 0.6 is 0 Å². The molecule has 8 nitrogen and oxygen atoms in total. The fourth-order valence-electron chi connectivity index (χ4n) is 4.96. The highest BCUT2D eigenvalue weighted by Gasteiger charge is 2.35. The standard InChI is InChI=1S/C24H34N4O4S/c1-26-12-14-27(15-13-26)22-8-9-23(32-2)20-10-11-28(17-21(20)22)24(29)16-18-4-6-19(7-5-18)25-33(3,30)31/h4-7,17,22,25H,8-16H2,1-3H3. The van der Waals surface area contributed by atoms with Crippen molar-refractivity contribution in [1.82, 2.24) is 14.7 Å². The summed E-state index contributed by atoms with van der Waals surface area (Å²) < 4.78 is 30.9. The maximum Gasteiger partial charge on any atom is 0.230 e. The lowest BCUT2D eigenvalue weighted by Crippen LogP contribution is -2.51. The molecule has 33 heavy (non-hydrogen) atoms. The second-order valence-electron chi connectivity index (χ2n) is 9.17. The van der Waals surface area contributed by atoms with Gasteiger partial charge in [0.15, 0.2) is 0 Å². The van der Waals surface area contributed by atoms with Crippen LogP contribution in [0.5, 0.6) is 0 Å². The van der Waals surface area contributed by atoms with Crippen LogP contribution in [-0.2, 0) is 26.0 Å². The van der Waals surface area contributed by atoms with Crippen LogP contribution in [0.2, 0.25) is 0 Å². The summed E-state index contributed by atoms with van der Waals surface area (Å²) in [7, 11) is 0.589. The van der Waals surface area contributed by atoms with E-state index in [2.05, 4.69) is 27.8 Å². The number of likely N-dealkylation sites (N-methyl/N-ethyl adjacent to an activating group) is 1. The molecule has 1 atom stereocenters. The Morgan fingerprint density at radius 1 is 1.09 bits per heavy atom. The number of benzene rings is 1. The SMILES string of the molecule is COC1=C2CCN(C(=O)Cc3ccc(NS(C)(=O)=O)cc3)C=C2C(N2CCN(C)CC2)CC1. The van der Waals surface area contributed by atoms with E-state index in [1.165, 1.54) is 11.1 Å². The summed E-state index contributed by atoms with van der Waals surface area (Å²) in [5, 5.41) is 0. The number of allylic oxidation sites excluding steroid dienone is 1. The Hall–Kier alpha value is -2.36. The minimum Gasteiger partial charge on any atom is -0.501 e. The van der Waals surface area contributed by atoms with Crippen LogP contribution in [0.15, 0.2) is 47.4 Å². The van der Waals surface area contributed by atoms with E-state index < -0.39 is 10.0 Å². The summed E-state index contributed by atoms with van der Waals surface area (Å²) in [6, 6.07) is 7.29. The Morgan fingerprint density at radius 3 is 2.42 bits per heavy atom. The molecule has 0 spiro atoms. The number of sulfonamides is 1. The molecule has 3 aliphatic rings. The Labute approximate surface area is 196 Å². The largest absolute Gasteiger partial charge is 0.501 e. The molecule has 0 saturated carbocycles. The topological polar surface area (TPSA) is 82.2 Å². The van der Waals surface area contributed by atoms with Crippen molar-refractivity contribution in [3.63, 3.8) is 0 Å². The number of rotatable bonds is 6. The number of fused-ring (bicyclic) bond motifs is 1. The lowest BCUT2D eigenvalue weighted by atomic mass is 9.83. The van der Waals surface area contributed by atoms with E-state index in [-0.39, 0.29) is 12.3 Å². The van der Waals surface area contributed by atoms with Gasteiger partial charge in [-0.15, -0.1) is 0 Å². The van der Waals surface area contributed by atoms with Crippen LogP contribution in [0.3, 0.4) is 0 Å². The second-order valence-corrected chi connectivity index (χ2v) is 10.9. The monoisotopic (exact) mass is 474 g/mol. The van der Waals surface area contributed by atoms with Gasteiger partial charge in [0.2, 0.25) is 15.9 Å². The first-order chi connectivity index (χ1) is 15.7. The number of hydrogen-bond donors (Lipinski definition) is 1. The van der Waals surface area contributed by atoms with Gasteiger partial charge in [-0.1, -0.05) is 12.1 Å². The lowest BCUT2D eigenvalue weighted by molar-refractivity contribution is -0.128. The summed E-state index contributed by atoms with van der Waals surface area (Å²) in [4.78, 5) is 19.9. The van der Waals surface area contributed by atoms with E-state index in [9.17, 15) is 13.2 Å². The van der Waals surface area contributed by atoms with Gasteiger partial charge in [0.1, 0.15) is 0 Å². The van der Waals surface area contributed by atoms with Gasteiger partial charge in [-0.3, -0.25) is 14.4 Å². The third kappa shape index (κ3) is 5.77. The molecule has 1 aromatic carbocycles. The predicted octanol–water partition coefficient (Wildman–Crippen LogP) is 2.03. The molecule has 2 heterocycles. The van der Waals surface area contributed by atoms with E-state index in [1.54, 1.807) is 31.4 Å². The third-order valence-corrected chi connectivity index (χ3v) is 7.35. The minimum atomic E-state index is -3.32. The van der Waals surface area contributed by atoms with Gasteiger partial charge in [0.05, 0.1) is 25.5 Å². The number of methoxy groups -OCH3 is 1. The molecule has 1 aromatic rings. The smallest absolute Gasteiger partial charge is 0.230 e. The fourth-order valence-corrected chi connectivity index (χ4v) is 5.53. The lowest BCUT2D eigenvalue weighted by Gasteiger charge is -2.43. The molecular formula is C24H34N4O4S. The van der Waals surface area contributed by atoms with Crippen LogP contribution in [0, 0.1) is 0 Å². The average molecular weight is 475 g/mol. The van der Waals surface area contributed by atoms with Crippen molar-refractivity contribution in [2.24, 2.45) is 0 Å². The second kappa shape index (κ2) is 9.87. The highest BCUT2D eigenvalue weighted by Crippen LogP contribution is 2.38. The Morgan fingerprint density at radius 2 is 1.79 bits per heavy atom. The van der Waals surface area contributed by atoms with Crippen LogP contribution in [-0.4, -0.2) is 88.2 Å². The van der Waals surface area contributed by atoms with Gasteiger partial charge in [0, 0.05) is 57.1 Å². The number of anilines is 1. The molecule has 0 radical (unpaired) electrons. The van der Waals surface area contributed by atoms with Gasteiger partial charge in [-0.2, -0.15) is 0 Å². The molecule has 1 amide bonds. The maximum absolute atomic E-state index is 13.1. The van der Waals surface area contributed by atoms with Crippen molar-refractivity contribution < 1.29 is 17.9 Å². The number of nitrogens with zero attached hydrogens (tertiary/aromatic N) is 3. The molecule has 1 aliphatic carbocycles. The van der Waals surface area contributed by atoms with Crippen molar-refractivity contribution >= 4 is 21.6 Å². The maximum atomic E-state index is 13.1. The Bertz CT molecular complexity index is 1040. The Kier molecular flexibility index (Phi) is 7.11. The number of hydrogen-bond acceptors (Lipinski definition) is 6. The predicted molar refractivity (Wildman–Crippen MR) is 129 cm³/mol. The molecule has 0 bridgehead atoms. The van der Waals surface area contributed by atoms with Crippen molar-refractivity contribution in [2.45, 2.75) is 31.7 Å².